The number of fused-ring (bicyclic) bond motifs is 2. The van der Waals surface area contributed by atoms with Crippen LogP contribution in [0.25, 0.3) is 0 Å². The molecule has 0 spiro atoms. The minimum Gasteiger partial charge on any atom is -0.396 e. The Morgan fingerprint density at radius 1 is 1.06 bits per heavy atom. The summed E-state index contributed by atoms with van der Waals surface area (Å²) in [5.74, 6) is 0.723. The molecule has 3 atom stereocenters. The molecule has 3 aliphatic rings. The Labute approximate surface area is 112 Å². The zero-order chi connectivity index (χ0) is 12.8. The van der Waals surface area contributed by atoms with E-state index in [0.29, 0.717) is 12.0 Å². The van der Waals surface area contributed by atoms with E-state index in [1.807, 2.05) is 11.1 Å². The molecular weight excluding hydrogens is 220 g/mol. The fourth-order valence-corrected chi connectivity index (χ4v) is 5.45. The molecule has 1 heteroatoms. The van der Waals surface area contributed by atoms with E-state index in [2.05, 4.69) is 13.8 Å². The van der Waals surface area contributed by atoms with Crippen LogP contribution in [0.3, 0.4) is 0 Å². The van der Waals surface area contributed by atoms with Crippen molar-refractivity contribution in [1.29, 1.82) is 0 Å². The summed E-state index contributed by atoms with van der Waals surface area (Å²) in [5, 5.41) is 9.88. The molecule has 0 heterocycles. The Balaban J connectivity index is 2.00. The smallest absolute Gasteiger partial charge is 0.0487 e. The highest BCUT2D eigenvalue weighted by Gasteiger charge is 2.52. The quantitative estimate of drug-likeness (QED) is 0.679. The molecule has 0 amide bonds. The summed E-state index contributed by atoms with van der Waals surface area (Å²) in [4.78, 5) is 0. The highest BCUT2D eigenvalue weighted by molar-refractivity contribution is 5.30. The van der Waals surface area contributed by atoms with Gasteiger partial charge in [-0.3, -0.25) is 0 Å². The van der Waals surface area contributed by atoms with Crippen molar-refractivity contribution in [2.45, 2.75) is 71.6 Å². The molecule has 1 nitrogen and oxygen atoms in total. The van der Waals surface area contributed by atoms with Crippen molar-refractivity contribution in [3.05, 3.63) is 11.1 Å². The third-order valence-electron chi connectivity index (χ3n) is 6.42. The maximum atomic E-state index is 9.88. The molecule has 0 unspecified atom stereocenters. The summed E-state index contributed by atoms with van der Waals surface area (Å²) in [7, 11) is 0. The summed E-state index contributed by atoms with van der Waals surface area (Å²) < 4.78 is 0. The van der Waals surface area contributed by atoms with Crippen LogP contribution in [0.5, 0.6) is 0 Å². The standard InChI is InChI=1S/C17H28O/c1-16(12-18)10-5-11-17(2)14-7-4-3-6-13(14)8-9-15(16)17/h15,18H,3-12H2,1-2H3/t15-,16+,17+/m0/s1. The number of aliphatic hydroxyl groups excluding tert-OH is 1. The summed E-state index contributed by atoms with van der Waals surface area (Å²) in [6, 6.07) is 0. The Bertz CT molecular complexity index is 370. The molecule has 3 rings (SSSR count). The third kappa shape index (κ3) is 1.70. The van der Waals surface area contributed by atoms with Crippen molar-refractivity contribution < 1.29 is 5.11 Å². The second-order valence-corrected chi connectivity index (χ2v) is 7.46. The maximum Gasteiger partial charge on any atom is 0.0487 e. The van der Waals surface area contributed by atoms with Gasteiger partial charge in [0, 0.05) is 6.61 Å². The lowest BCUT2D eigenvalue weighted by atomic mass is 9.48. The summed E-state index contributed by atoms with van der Waals surface area (Å²) in [6.45, 7) is 5.24. The lowest BCUT2D eigenvalue weighted by Gasteiger charge is -2.56. The average molecular weight is 248 g/mol. The lowest BCUT2D eigenvalue weighted by molar-refractivity contribution is -0.0401. The van der Waals surface area contributed by atoms with Gasteiger partial charge >= 0.3 is 0 Å². The zero-order valence-corrected chi connectivity index (χ0v) is 12.1. The minimum absolute atomic E-state index is 0.184. The second kappa shape index (κ2) is 4.37. The molecule has 18 heavy (non-hydrogen) atoms. The number of hydrogen-bond acceptors (Lipinski definition) is 1. The molecule has 0 radical (unpaired) electrons. The molecule has 0 aromatic carbocycles. The van der Waals surface area contributed by atoms with Crippen LogP contribution in [-0.2, 0) is 0 Å². The Hall–Kier alpha value is -0.300. The second-order valence-electron chi connectivity index (χ2n) is 7.46. The summed E-state index contributed by atoms with van der Waals surface area (Å²) >= 11 is 0. The number of allylic oxidation sites excluding steroid dienone is 2. The van der Waals surface area contributed by atoms with Crippen molar-refractivity contribution >= 4 is 0 Å². The first-order chi connectivity index (χ1) is 8.60. The highest BCUT2D eigenvalue weighted by atomic mass is 16.3. The van der Waals surface area contributed by atoms with Crippen LogP contribution in [0.2, 0.25) is 0 Å². The topological polar surface area (TPSA) is 20.2 Å². The molecule has 1 fully saturated rings. The molecule has 1 N–H and O–H groups in total. The van der Waals surface area contributed by atoms with E-state index in [1.165, 1.54) is 57.8 Å². The van der Waals surface area contributed by atoms with Crippen LogP contribution in [0, 0.1) is 16.7 Å². The first-order valence-electron chi connectivity index (χ1n) is 7.92. The van der Waals surface area contributed by atoms with E-state index < -0.39 is 0 Å². The predicted octanol–water partition coefficient (Wildman–Crippen LogP) is 4.46. The Morgan fingerprint density at radius 3 is 2.61 bits per heavy atom. The van der Waals surface area contributed by atoms with E-state index in [4.69, 9.17) is 0 Å². The first-order valence-corrected chi connectivity index (χ1v) is 7.92. The van der Waals surface area contributed by atoms with Gasteiger partial charge < -0.3 is 5.11 Å². The fourth-order valence-electron chi connectivity index (χ4n) is 5.45. The minimum atomic E-state index is 0.184. The van der Waals surface area contributed by atoms with Crippen LogP contribution in [0.4, 0.5) is 0 Å². The van der Waals surface area contributed by atoms with Gasteiger partial charge in [-0.05, 0) is 68.1 Å². The van der Waals surface area contributed by atoms with Gasteiger partial charge in [0.25, 0.3) is 0 Å². The zero-order valence-electron chi connectivity index (χ0n) is 12.1. The number of aliphatic hydroxyl groups is 1. The predicted molar refractivity (Wildman–Crippen MR) is 75.4 cm³/mol. The van der Waals surface area contributed by atoms with E-state index in [1.54, 1.807) is 0 Å². The van der Waals surface area contributed by atoms with Crippen molar-refractivity contribution in [2.24, 2.45) is 16.7 Å². The van der Waals surface area contributed by atoms with Crippen LogP contribution < -0.4 is 0 Å². The van der Waals surface area contributed by atoms with Gasteiger partial charge in [-0.15, -0.1) is 0 Å². The van der Waals surface area contributed by atoms with E-state index in [0.717, 1.165) is 5.92 Å². The molecule has 0 saturated heterocycles. The van der Waals surface area contributed by atoms with Gasteiger partial charge in [-0.2, -0.15) is 0 Å². The molecule has 0 aromatic heterocycles. The van der Waals surface area contributed by atoms with Gasteiger partial charge in [0.1, 0.15) is 0 Å². The van der Waals surface area contributed by atoms with Gasteiger partial charge in [0.2, 0.25) is 0 Å². The monoisotopic (exact) mass is 248 g/mol. The van der Waals surface area contributed by atoms with E-state index >= 15 is 0 Å². The first kappa shape index (κ1) is 12.7. The van der Waals surface area contributed by atoms with Crippen molar-refractivity contribution in [1.82, 2.24) is 0 Å². The third-order valence-corrected chi connectivity index (χ3v) is 6.42. The summed E-state index contributed by atoms with van der Waals surface area (Å²) in [6.07, 6.45) is 12.1. The van der Waals surface area contributed by atoms with Gasteiger partial charge in [0.05, 0.1) is 0 Å². The number of hydrogen-bond donors (Lipinski definition) is 1. The molecule has 3 aliphatic carbocycles. The van der Waals surface area contributed by atoms with Crippen LogP contribution in [0.1, 0.15) is 71.6 Å². The van der Waals surface area contributed by atoms with Crippen molar-refractivity contribution in [3.63, 3.8) is 0 Å². The van der Waals surface area contributed by atoms with Gasteiger partial charge in [-0.1, -0.05) is 31.4 Å². The van der Waals surface area contributed by atoms with Crippen LogP contribution >= 0.6 is 0 Å². The normalized spacial score (nSPS) is 44.5. The van der Waals surface area contributed by atoms with Crippen molar-refractivity contribution in [2.75, 3.05) is 6.61 Å². The van der Waals surface area contributed by atoms with Crippen LogP contribution in [-0.4, -0.2) is 11.7 Å². The van der Waals surface area contributed by atoms with Gasteiger partial charge in [0.15, 0.2) is 0 Å². The average Bonchev–Trinajstić information content (AvgIpc) is 2.39. The summed E-state index contributed by atoms with van der Waals surface area (Å²) in [5.41, 5.74) is 4.23. The molecule has 0 bridgehead atoms. The molecule has 0 aliphatic heterocycles. The Kier molecular flexibility index (Phi) is 3.09. The van der Waals surface area contributed by atoms with E-state index in [9.17, 15) is 5.11 Å². The lowest BCUT2D eigenvalue weighted by Crippen LogP contribution is -2.48. The maximum absolute atomic E-state index is 9.88. The highest BCUT2D eigenvalue weighted by Crippen LogP contribution is 2.61. The molecule has 102 valence electrons. The SMILES string of the molecule is C[C@]1(CO)CCC[C@]2(C)C3=C(CCCC3)CC[C@@H]12. The Morgan fingerprint density at radius 2 is 1.83 bits per heavy atom. The fraction of sp³-hybridized carbons (Fsp3) is 0.882. The van der Waals surface area contributed by atoms with Crippen molar-refractivity contribution in [3.8, 4) is 0 Å². The van der Waals surface area contributed by atoms with E-state index in [-0.39, 0.29) is 5.41 Å². The van der Waals surface area contributed by atoms with Crippen LogP contribution in [0.15, 0.2) is 11.1 Å². The largest absolute Gasteiger partial charge is 0.396 e. The molecule has 1 saturated carbocycles. The molecular formula is C17H28O. The molecule has 0 aromatic rings. The van der Waals surface area contributed by atoms with Gasteiger partial charge in [-0.25, -0.2) is 0 Å². The number of rotatable bonds is 1.